The van der Waals surface area contributed by atoms with Gasteiger partial charge in [-0.25, -0.2) is 0 Å². The molecule has 4 heteroatoms. The van der Waals surface area contributed by atoms with Gasteiger partial charge in [0.15, 0.2) is 12.7 Å². The summed E-state index contributed by atoms with van der Waals surface area (Å²) in [5.74, 6) is 0.950. The Hall–Kier alpha value is -1.74. The van der Waals surface area contributed by atoms with E-state index in [9.17, 15) is 0 Å². The van der Waals surface area contributed by atoms with Crippen LogP contribution in [0.25, 0.3) is 0 Å². The van der Waals surface area contributed by atoms with Crippen molar-refractivity contribution in [1.29, 1.82) is 0 Å². The largest absolute Gasteiger partial charge is 1.00 e. The quantitative estimate of drug-likeness (QED) is 0.723. The third kappa shape index (κ3) is 3.92. The Labute approximate surface area is 138 Å². The van der Waals surface area contributed by atoms with Gasteiger partial charge in [0.25, 0.3) is 0 Å². The van der Waals surface area contributed by atoms with E-state index in [4.69, 9.17) is 4.74 Å². The molecule has 1 fully saturated rings. The van der Waals surface area contributed by atoms with Crippen LogP contribution in [-0.4, -0.2) is 19.7 Å². The van der Waals surface area contributed by atoms with Crippen molar-refractivity contribution in [3.63, 3.8) is 0 Å². The third-order valence-corrected chi connectivity index (χ3v) is 3.94. The van der Waals surface area contributed by atoms with Crippen LogP contribution in [0, 0.1) is 0 Å². The summed E-state index contributed by atoms with van der Waals surface area (Å²) in [6, 6.07) is 14.9. The summed E-state index contributed by atoms with van der Waals surface area (Å²) in [5.41, 5.74) is 2.57. The monoisotopic (exact) mass is 318 g/mol. The second kappa shape index (κ2) is 8.04. The third-order valence-electron chi connectivity index (χ3n) is 3.94. The van der Waals surface area contributed by atoms with E-state index in [0.29, 0.717) is 6.61 Å². The van der Waals surface area contributed by atoms with Gasteiger partial charge in [-0.3, -0.25) is 0 Å². The number of hydrogen-bond donors (Lipinski definition) is 0. The van der Waals surface area contributed by atoms with Crippen molar-refractivity contribution < 1.29 is 21.7 Å². The molecule has 1 saturated heterocycles. The molecular formula is C18H23ClN2O. The van der Waals surface area contributed by atoms with Gasteiger partial charge in [-0.2, -0.15) is 4.57 Å². The fourth-order valence-corrected chi connectivity index (χ4v) is 2.85. The van der Waals surface area contributed by atoms with Crippen molar-refractivity contribution in [2.45, 2.75) is 26.3 Å². The van der Waals surface area contributed by atoms with Crippen molar-refractivity contribution in [2.24, 2.45) is 0 Å². The first kappa shape index (κ1) is 16.6. The Morgan fingerprint density at radius 2 is 1.82 bits per heavy atom. The zero-order valence-corrected chi connectivity index (χ0v) is 13.8. The number of pyridine rings is 1. The molecule has 1 aliphatic heterocycles. The highest BCUT2D eigenvalue weighted by Crippen LogP contribution is 2.22. The smallest absolute Gasteiger partial charge is 0.370 e. The molecule has 0 bridgehead atoms. The summed E-state index contributed by atoms with van der Waals surface area (Å²) < 4.78 is 8.02. The standard InChI is InChI=1S/C18H23N2O.ClH/c1-2-21-18-14-17(19-11-6-7-12-19)10-13-20(18)15-16-8-4-3-5-9-16;/h3-5,8-10,13-14H,2,6-7,11-12,15H2,1H3;1H/q+1;/p-1. The maximum Gasteiger partial charge on any atom is 0.370 e. The minimum absolute atomic E-state index is 0. The van der Waals surface area contributed by atoms with Gasteiger partial charge < -0.3 is 22.0 Å². The molecule has 22 heavy (non-hydrogen) atoms. The van der Waals surface area contributed by atoms with E-state index >= 15 is 0 Å². The van der Waals surface area contributed by atoms with Crippen LogP contribution in [0.1, 0.15) is 25.3 Å². The molecule has 0 amide bonds. The summed E-state index contributed by atoms with van der Waals surface area (Å²) in [4.78, 5) is 2.44. The Morgan fingerprint density at radius 1 is 1.09 bits per heavy atom. The predicted octanol–water partition coefficient (Wildman–Crippen LogP) is 0.0253. The fourth-order valence-electron chi connectivity index (χ4n) is 2.85. The van der Waals surface area contributed by atoms with Crippen LogP contribution in [0.4, 0.5) is 5.69 Å². The first-order chi connectivity index (χ1) is 10.4. The van der Waals surface area contributed by atoms with E-state index in [1.165, 1.54) is 24.1 Å². The second-order valence-corrected chi connectivity index (χ2v) is 5.46. The van der Waals surface area contributed by atoms with Crippen molar-refractivity contribution in [2.75, 3.05) is 24.6 Å². The molecule has 2 aromatic rings. The molecule has 0 aliphatic carbocycles. The van der Waals surface area contributed by atoms with E-state index in [1.807, 2.05) is 13.0 Å². The number of ether oxygens (including phenoxy) is 1. The van der Waals surface area contributed by atoms with Crippen LogP contribution in [0.15, 0.2) is 48.7 Å². The Morgan fingerprint density at radius 3 is 2.50 bits per heavy atom. The zero-order chi connectivity index (χ0) is 14.5. The zero-order valence-electron chi connectivity index (χ0n) is 13.0. The molecule has 0 radical (unpaired) electrons. The van der Waals surface area contributed by atoms with Gasteiger partial charge >= 0.3 is 5.88 Å². The number of benzene rings is 1. The van der Waals surface area contributed by atoms with Crippen LogP contribution >= 0.6 is 0 Å². The molecule has 0 unspecified atom stereocenters. The highest BCUT2D eigenvalue weighted by atomic mass is 35.5. The van der Waals surface area contributed by atoms with Crippen LogP contribution in [-0.2, 0) is 6.54 Å². The lowest BCUT2D eigenvalue weighted by Gasteiger charge is -2.17. The summed E-state index contributed by atoms with van der Waals surface area (Å²) >= 11 is 0. The van der Waals surface area contributed by atoms with E-state index in [-0.39, 0.29) is 12.4 Å². The number of halogens is 1. The minimum Gasteiger partial charge on any atom is -1.00 e. The van der Waals surface area contributed by atoms with Crippen LogP contribution in [0.5, 0.6) is 5.88 Å². The van der Waals surface area contributed by atoms with Crippen LogP contribution < -0.4 is 26.6 Å². The van der Waals surface area contributed by atoms with Crippen molar-refractivity contribution in [3.8, 4) is 5.88 Å². The Kier molecular flexibility index (Phi) is 6.08. The number of hydrogen-bond acceptors (Lipinski definition) is 2. The summed E-state index contributed by atoms with van der Waals surface area (Å²) in [5, 5.41) is 0. The lowest BCUT2D eigenvalue weighted by Crippen LogP contribution is -3.00. The first-order valence-electron chi connectivity index (χ1n) is 7.82. The van der Waals surface area contributed by atoms with Gasteiger partial charge in [0.1, 0.15) is 0 Å². The SMILES string of the molecule is CCOc1cc(N2CCCC2)cc[n+]1Cc1ccccc1.[Cl-]. The molecule has 1 aromatic heterocycles. The maximum atomic E-state index is 5.85. The molecular weight excluding hydrogens is 296 g/mol. The molecule has 0 N–H and O–H groups in total. The van der Waals surface area contributed by atoms with E-state index in [1.54, 1.807) is 0 Å². The van der Waals surface area contributed by atoms with E-state index < -0.39 is 0 Å². The van der Waals surface area contributed by atoms with E-state index in [2.05, 4.69) is 52.1 Å². The van der Waals surface area contributed by atoms with Gasteiger partial charge in [0.05, 0.1) is 18.4 Å². The maximum absolute atomic E-state index is 5.85. The average molecular weight is 319 g/mol. The summed E-state index contributed by atoms with van der Waals surface area (Å²) in [6.45, 7) is 5.90. The Balaban J connectivity index is 0.00000176. The van der Waals surface area contributed by atoms with Crippen molar-refractivity contribution in [1.82, 2.24) is 0 Å². The lowest BCUT2D eigenvalue weighted by molar-refractivity contribution is -0.693. The Bertz CT molecular complexity index is 583. The highest BCUT2D eigenvalue weighted by molar-refractivity contribution is 5.47. The second-order valence-electron chi connectivity index (χ2n) is 5.46. The molecule has 0 atom stereocenters. The minimum atomic E-state index is 0. The van der Waals surface area contributed by atoms with Crippen molar-refractivity contribution >= 4 is 5.69 Å². The fraction of sp³-hybridized carbons (Fsp3) is 0.389. The predicted molar refractivity (Wildman–Crippen MR) is 84.8 cm³/mol. The molecule has 2 heterocycles. The molecule has 118 valence electrons. The van der Waals surface area contributed by atoms with E-state index in [0.717, 1.165) is 25.5 Å². The van der Waals surface area contributed by atoms with Gasteiger partial charge in [-0.1, -0.05) is 30.3 Å². The number of nitrogens with zero attached hydrogens (tertiary/aromatic N) is 2. The number of aromatic nitrogens is 1. The normalized spacial score (nSPS) is 13.8. The average Bonchev–Trinajstić information content (AvgIpc) is 3.05. The molecule has 3 nitrogen and oxygen atoms in total. The molecule has 1 aliphatic rings. The van der Waals surface area contributed by atoms with Crippen LogP contribution in [0.2, 0.25) is 0 Å². The van der Waals surface area contributed by atoms with Gasteiger partial charge in [-0.05, 0) is 19.8 Å². The molecule has 1 aromatic carbocycles. The number of anilines is 1. The highest BCUT2D eigenvalue weighted by Gasteiger charge is 2.18. The van der Waals surface area contributed by atoms with Crippen LogP contribution in [0.3, 0.4) is 0 Å². The number of rotatable bonds is 5. The van der Waals surface area contributed by atoms with Gasteiger partial charge in [0, 0.05) is 24.7 Å². The summed E-state index contributed by atoms with van der Waals surface area (Å²) in [7, 11) is 0. The van der Waals surface area contributed by atoms with Gasteiger partial charge in [-0.15, -0.1) is 0 Å². The molecule has 0 saturated carbocycles. The topological polar surface area (TPSA) is 16.4 Å². The van der Waals surface area contributed by atoms with Gasteiger partial charge in [0.2, 0.25) is 0 Å². The first-order valence-corrected chi connectivity index (χ1v) is 7.82. The molecule has 3 rings (SSSR count). The lowest BCUT2D eigenvalue weighted by atomic mass is 10.2. The van der Waals surface area contributed by atoms with Crippen molar-refractivity contribution in [3.05, 3.63) is 54.2 Å². The molecule has 0 spiro atoms. The summed E-state index contributed by atoms with van der Waals surface area (Å²) in [6.07, 6.45) is 4.73.